The number of aromatic nitrogens is 1. The van der Waals surface area contributed by atoms with Crippen molar-refractivity contribution in [2.45, 2.75) is 0 Å². The molecular weight excluding hydrogens is 653 g/mol. The summed E-state index contributed by atoms with van der Waals surface area (Å²) in [7, 11) is 0. The predicted octanol–water partition coefficient (Wildman–Crippen LogP) is 14.4. The van der Waals surface area contributed by atoms with E-state index in [4.69, 9.17) is 0 Å². The van der Waals surface area contributed by atoms with Crippen LogP contribution in [0, 0.1) is 0 Å². The molecule has 0 aliphatic heterocycles. The molecule has 0 aliphatic rings. The lowest BCUT2D eigenvalue weighted by atomic mass is 9.96. The first-order valence-corrected chi connectivity index (χ1v) is 18.5. The Balaban J connectivity index is 1.32. The summed E-state index contributed by atoms with van der Waals surface area (Å²) in [5.74, 6) is 0. The van der Waals surface area contributed by atoms with Crippen LogP contribution in [-0.4, -0.2) is 4.57 Å². The minimum atomic E-state index is 1.09. The van der Waals surface area contributed by atoms with Gasteiger partial charge in [-0.2, -0.15) is 0 Å². The Labute approximate surface area is 315 Å². The summed E-state index contributed by atoms with van der Waals surface area (Å²) < 4.78 is 2.47. The maximum atomic E-state index is 2.47. The predicted molar refractivity (Wildman–Crippen MR) is 229 cm³/mol. The average Bonchev–Trinajstić information content (AvgIpc) is 3.62. The van der Waals surface area contributed by atoms with Gasteiger partial charge in [0.1, 0.15) is 0 Å². The van der Waals surface area contributed by atoms with Crippen LogP contribution in [0.25, 0.3) is 71.6 Å². The molecule has 254 valence electrons. The SMILES string of the molecule is c1ccc(-c2ccc(N(c3ccc(-c4ccccc4)cc3)c3cc4ccccc4c4c3c3c(-c5ccccc5)cccc3n4-c3ccccc3)cc2)cc1. The molecule has 0 saturated heterocycles. The summed E-state index contributed by atoms with van der Waals surface area (Å²) in [5, 5.41) is 4.85. The molecule has 2 nitrogen and oxygen atoms in total. The van der Waals surface area contributed by atoms with Crippen molar-refractivity contribution >= 4 is 49.6 Å². The van der Waals surface area contributed by atoms with Gasteiger partial charge in [-0.05, 0) is 87.3 Å². The third kappa shape index (κ3) is 5.44. The van der Waals surface area contributed by atoms with Gasteiger partial charge < -0.3 is 9.47 Å². The first kappa shape index (κ1) is 31.6. The van der Waals surface area contributed by atoms with Gasteiger partial charge in [-0.25, -0.2) is 0 Å². The molecule has 10 rings (SSSR count). The Morgan fingerprint density at radius 2 is 0.833 bits per heavy atom. The topological polar surface area (TPSA) is 8.17 Å². The molecule has 0 unspecified atom stereocenters. The summed E-state index contributed by atoms with van der Waals surface area (Å²) in [6, 6.07) is 78.9. The van der Waals surface area contributed by atoms with Crippen molar-refractivity contribution in [3.05, 3.63) is 218 Å². The van der Waals surface area contributed by atoms with Crippen molar-refractivity contribution in [1.29, 1.82) is 0 Å². The van der Waals surface area contributed by atoms with E-state index in [9.17, 15) is 0 Å². The van der Waals surface area contributed by atoms with Crippen LogP contribution in [0.2, 0.25) is 0 Å². The Morgan fingerprint density at radius 3 is 1.41 bits per heavy atom. The molecule has 0 fully saturated rings. The normalized spacial score (nSPS) is 11.3. The number of benzene rings is 9. The molecule has 0 atom stereocenters. The molecule has 1 aromatic heterocycles. The van der Waals surface area contributed by atoms with E-state index in [2.05, 4.69) is 228 Å². The highest BCUT2D eigenvalue weighted by atomic mass is 15.1. The third-order valence-electron chi connectivity index (χ3n) is 10.6. The zero-order valence-electron chi connectivity index (χ0n) is 29.7. The lowest BCUT2D eigenvalue weighted by Gasteiger charge is -2.28. The molecule has 10 aromatic rings. The van der Waals surface area contributed by atoms with Gasteiger partial charge in [0.2, 0.25) is 0 Å². The number of fused-ring (bicyclic) bond motifs is 5. The summed E-state index contributed by atoms with van der Waals surface area (Å²) >= 11 is 0. The van der Waals surface area contributed by atoms with Gasteiger partial charge in [0, 0.05) is 33.2 Å². The molecule has 0 radical (unpaired) electrons. The van der Waals surface area contributed by atoms with E-state index in [-0.39, 0.29) is 0 Å². The van der Waals surface area contributed by atoms with Crippen molar-refractivity contribution in [1.82, 2.24) is 4.57 Å². The van der Waals surface area contributed by atoms with Crippen molar-refractivity contribution in [3.8, 4) is 39.1 Å². The first-order chi connectivity index (χ1) is 26.8. The van der Waals surface area contributed by atoms with Crippen molar-refractivity contribution in [2.24, 2.45) is 0 Å². The van der Waals surface area contributed by atoms with Crippen LogP contribution in [0.4, 0.5) is 17.1 Å². The Kier molecular flexibility index (Phi) is 7.85. The number of anilines is 3. The monoisotopic (exact) mass is 688 g/mol. The highest BCUT2D eigenvalue weighted by Crippen LogP contribution is 2.49. The Bertz CT molecular complexity index is 2790. The fraction of sp³-hybridized carbons (Fsp3) is 0. The summed E-state index contributed by atoms with van der Waals surface area (Å²) in [6.45, 7) is 0. The Hall–Kier alpha value is -7.16. The first-order valence-electron chi connectivity index (χ1n) is 18.5. The molecule has 2 heteroatoms. The molecule has 0 bridgehead atoms. The number of nitrogens with zero attached hydrogens (tertiary/aromatic N) is 2. The van der Waals surface area contributed by atoms with Gasteiger partial charge in [-0.15, -0.1) is 0 Å². The van der Waals surface area contributed by atoms with Crippen molar-refractivity contribution in [3.63, 3.8) is 0 Å². The lowest BCUT2D eigenvalue weighted by Crippen LogP contribution is -2.10. The van der Waals surface area contributed by atoms with Crippen LogP contribution < -0.4 is 4.90 Å². The van der Waals surface area contributed by atoms with E-state index in [1.54, 1.807) is 0 Å². The van der Waals surface area contributed by atoms with Gasteiger partial charge in [0.25, 0.3) is 0 Å². The van der Waals surface area contributed by atoms with Crippen LogP contribution in [0.5, 0.6) is 0 Å². The number of hydrogen-bond acceptors (Lipinski definition) is 1. The molecule has 0 aliphatic carbocycles. The van der Waals surface area contributed by atoms with E-state index >= 15 is 0 Å². The minimum absolute atomic E-state index is 1.09. The number of hydrogen-bond donors (Lipinski definition) is 0. The van der Waals surface area contributed by atoms with E-state index < -0.39 is 0 Å². The van der Waals surface area contributed by atoms with E-state index in [0.29, 0.717) is 0 Å². The molecule has 0 amide bonds. The zero-order chi connectivity index (χ0) is 35.8. The van der Waals surface area contributed by atoms with E-state index in [1.165, 1.54) is 66.0 Å². The Morgan fingerprint density at radius 1 is 0.352 bits per heavy atom. The smallest absolute Gasteiger partial charge is 0.0640 e. The summed E-state index contributed by atoms with van der Waals surface area (Å²) in [4.78, 5) is 2.45. The van der Waals surface area contributed by atoms with Crippen LogP contribution in [0.15, 0.2) is 218 Å². The van der Waals surface area contributed by atoms with Crippen LogP contribution in [0.1, 0.15) is 0 Å². The molecule has 0 N–H and O–H groups in total. The van der Waals surface area contributed by atoms with E-state index in [0.717, 1.165) is 22.7 Å². The molecule has 9 aromatic carbocycles. The number of rotatable bonds is 7. The van der Waals surface area contributed by atoms with Gasteiger partial charge in [-0.3, -0.25) is 0 Å². The second-order valence-corrected chi connectivity index (χ2v) is 13.7. The minimum Gasteiger partial charge on any atom is -0.310 e. The second kappa shape index (κ2) is 13.4. The largest absolute Gasteiger partial charge is 0.310 e. The fourth-order valence-corrected chi connectivity index (χ4v) is 8.08. The van der Waals surface area contributed by atoms with Crippen LogP contribution in [0.3, 0.4) is 0 Å². The van der Waals surface area contributed by atoms with Crippen molar-refractivity contribution in [2.75, 3.05) is 4.90 Å². The van der Waals surface area contributed by atoms with Crippen LogP contribution >= 0.6 is 0 Å². The summed E-state index contributed by atoms with van der Waals surface area (Å²) in [6.07, 6.45) is 0. The fourth-order valence-electron chi connectivity index (χ4n) is 8.08. The third-order valence-corrected chi connectivity index (χ3v) is 10.6. The zero-order valence-corrected chi connectivity index (χ0v) is 29.7. The maximum Gasteiger partial charge on any atom is 0.0640 e. The quantitative estimate of drug-likeness (QED) is 0.162. The summed E-state index contributed by atoms with van der Waals surface area (Å²) in [5.41, 5.74) is 14.0. The lowest BCUT2D eigenvalue weighted by molar-refractivity contribution is 1.19. The standard InChI is InChI=1S/C52H36N2/c1-5-16-37(17-6-1)39-28-32-44(33-29-39)53(45-34-30-40(31-35-45)38-18-7-2-8-19-38)49-36-42-22-13-14-25-47(42)52-51(49)50-46(41-20-9-3-10-21-41)26-15-27-48(50)54(52)43-23-11-4-12-24-43/h1-36H. The molecular formula is C52H36N2. The molecule has 0 saturated carbocycles. The van der Waals surface area contributed by atoms with Gasteiger partial charge >= 0.3 is 0 Å². The van der Waals surface area contributed by atoms with E-state index in [1.807, 2.05) is 0 Å². The molecule has 54 heavy (non-hydrogen) atoms. The second-order valence-electron chi connectivity index (χ2n) is 13.7. The molecule has 1 heterocycles. The van der Waals surface area contributed by atoms with Gasteiger partial charge in [-0.1, -0.05) is 170 Å². The highest BCUT2D eigenvalue weighted by Gasteiger charge is 2.25. The average molecular weight is 689 g/mol. The van der Waals surface area contributed by atoms with Gasteiger partial charge in [0.05, 0.1) is 16.7 Å². The van der Waals surface area contributed by atoms with Crippen molar-refractivity contribution < 1.29 is 0 Å². The molecule has 0 spiro atoms. The van der Waals surface area contributed by atoms with Crippen LogP contribution in [-0.2, 0) is 0 Å². The number of para-hydroxylation sites is 1. The maximum absolute atomic E-state index is 2.47. The highest BCUT2D eigenvalue weighted by molar-refractivity contribution is 6.27. The van der Waals surface area contributed by atoms with Gasteiger partial charge in [0.15, 0.2) is 0 Å².